The monoisotopic (exact) mass is 486 g/mol. The largest absolute Gasteiger partial charge is 0.490 e. The van der Waals surface area contributed by atoms with Gasteiger partial charge in [-0.05, 0) is 42.7 Å². The Bertz CT molecular complexity index is 957. The molecule has 2 aromatic carbocycles. The molecule has 2 rings (SSSR count). The molecule has 170 valence electrons. The van der Waals surface area contributed by atoms with Gasteiger partial charge >= 0.3 is 0 Å². The van der Waals surface area contributed by atoms with E-state index in [1.165, 1.54) is 43.5 Å². The highest BCUT2D eigenvalue weighted by molar-refractivity contribution is 7.89. The van der Waals surface area contributed by atoms with Gasteiger partial charge in [-0.1, -0.05) is 67.9 Å². The van der Waals surface area contributed by atoms with E-state index >= 15 is 0 Å². The minimum absolute atomic E-state index is 0.0489. The molecule has 0 radical (unpaired) electrons. The number of carbonyl (C=O) groups is 1. The fraction of sp³-hybridized carbons (Fsp3) is 0.409. The molecule has 0 bridgehead atoms. The first kappa shape index (κ1) is 25.5. The lowest BCUT2D eigenvalue weighted by molar-refractivity contribution is 0.0954. The molecule has 0 saturated carbocycles. The molecule has 0 saturated heterocycles. The van der Waals surface area contributed by atoms with E-state index < -0.39 is 10.0 Å². The van der Waals surface area contributed by atoms with Gasteiger partial charge in [0, 0.05) is 12.1 Å². The number of rotatable bonds is 12. The van der Waals surface area contributed by atoms with Crippen LogP contribution in [0, 0.1) is 0 Å². The van der Waals surface area contributed by atoms with Crippen LogP contribution in [-0.2, 0) is 16.4 Å². The van der Waals surface area contributed by atoms with E-state index in [1.54, 1.807) is 12.1 Å². The molecule has 31 heavy (non-hydrogen) atoms. The van der Waals surface area contributed by atoms with E-state index in [2.05, 4.69) is 12.2 Å². The molecule has 2 aromatic rings. The van der Waals surface area contributed by atoms with Gasteiger partial charge in [0.05, 0.1) is 21.5 Å². The first-order chi connectivity index (χ1) is 14.7. The predicted molar refractivity (Wildman–Crippen MR) is 125 cm³/mol. The molecular weight excluding hydrogens is 459 g/mol. The molecule has 0 spiro atoms. The minimum Gasteiger partial charge on any atom is -0.490 e. The van der Waals surface area contributed by atoms with E-state index in [0.717, 1.165) is 18.4 Å². The molecule has 3 N–H and O–H groups in total. The highest BCUT2D eigenvalue weighted by atomic mass is 35.5. The topological polar surface area (TPSA) is 98.5 Å². The second kappa shape index (κ2) is 12.3. The van der Waals surface area contributed by atoms with Crippen molar-refractivity contribution in [1.82, 2.24) is 5.32 Å². The maximum Gasteiger partial charge on any atom is 0.251 e. The summed E-state index contributed by atoms with van der Waals surface area (Å²) in [6.45, 7) is 3.06. The van der Waals surface area contributed by atoms with Gasteiger partial charge < -0.3 is 10.1 Å². The summed E-state index contributed by atoms with van der Waals surface area (Å²) in [5.41, 5.74) is 1.21. The van der Waals surface area contributed by atoms with E-state index in [9.17, 15) is 13.2 Å². The van der Waals surface area contributed by atoms with Gasteiger partial charge in [-0.3, -0.25) is 4.79 Å². The zero-order valence-corrected chi connectivity index (χ0v) is 19.8. The number of amides is 1. The Labute approximate surface area is 194 Å². The number of sulfonamides is 1. The zero-order valence-electron chi connectivity index (χ0n) is 17.5. The number of unbranched alkanes of at least 4 members (excludes halogenated alkanes) is 4. The number of benzene rings is 2. The molecular formula is C22H28Cl2N2O4S. The number of carbonyl (C=O) groups excluding carboxylic acids is 1. The van der Waals surface area contributed by atoms with Crippen LogP contribution < -0.4 is 15.2 Å². The lowest BCUT2D eigenvalue weighted by atomic mass is 10.1. The summed E-state index contributed by atoms with van der Waals surface area (Å²) in [7, 11) is -3.72. The van der Waals surface area contributed by atoms with E-state index in [4.69, 9.17) is 33.1 Å². The number of hydrogen-bond acceptors (Lipinski definition) is 4. The van der Waals surface area contributed by atoms with Crippen molar-refractivity contribution in [3.05, 3.63) is 57.6 Å². The molecule has 0 heterocycles. The summed E-state index contributed by atoms with van der Waals surface area (Å²) >= 11 is 12.5. The number of nitrogens with two attached hydrogens (primary N) is 1. The van der Waals surface area contributed by atoms with E-state index in [-0.39, 0.29) is 10.8 Å². The van der Waals surface area contributed by atoms with Crippen molar-refractivity contribution in [2.45, 2.75) is 50.3 Å². The Morgan fingerprint density at radius 3 is 2.23 bits per heavy atom. The van der Waals surface area contributed by atoms with Crippen molar-refractivity contribution >= 4 is 39.1 Å². The van der Waals surface area contributed by atoms with Crippen molar-refractivity contribution in [1.29, 1.82) is 0 Å². The van der Waals surface area contributed by atoms with Crippen molar-refractivity contribution in [2.24, 2.45) is 5.14 Å². The van der Waals surface area contributed by atoms with Crippen molar-refractivity contribution in [3.8, 4) is 5.75 Å². The van der Waals surface area contributed by atoms with Crippen LogP contribution in [0.2, 0.25) is 10.0 Å². The summed E-state index contributed by atoms with van der Waals surface area (Å²) in [5, 5.41) is 8.47. The lowest BCUT2D eigenvalue weighted by Crippen LogP contribution is -2.25. The third kappa shape index (κ3) is 8.33. The summed E-state index contributed by atoms with van der Waals surface area (Å²) in [4.78, 5) is 12.5. The van der Waals surface area contributed by atoms with Gasteiger partial charge in [0.1, 0.15) is 0 Å². The van der Waals surface area contributed by atoms with Crippen LogP contribution >= 0.6 is 23.2 Å². The van der Waals surface area contributed by atoms with Crippen LogP contribution in [0.1, 0.15) is 54.9 Å². The average Bonchev–Trinajstić information content (AvgIpc) is 2.71. The molecule has 0 aliphatic heterocycles. The fourth-order valence-electron chi connectivity index (χ4n) is 2.98. The van der Waals surface area contributed by atoms with Crippen LogP contribution in [0.15, 0.2) is 41.3 Å². The van der Waals surface area contributed by atoms with Gasteiger partial charge in [-0.15, -0.1) is 0 Å². The Balaban J connectivity index is 1.86. The average molecular weight is 487 g/mol. The molecule has 0 aliphatic carbocycles. The Morgan fingerprint density at radius 1 is 1.03 bits per heavy atom. The normalized spacial score (nSPS) is 11.4. The lowest BCUT2D eigenvalue weighted by Gasteiger charge is -2.12. The van der Waals surface area contributed by atoms with Gasteiger partial charge in [0.25, 0.3) is 5.91 Å². The van der Waals surface area contributed by atoms with Crippen molar-refractivity contribution in [3.63, 3.8) is 0 Å². The molecule has 0 unspecified atom stereocenters. The highest BCUT2D eigenvalue weighted by Gasteiger charge is 2.14. The van der Waals surface area contributed by atoms with Gasteiger partial charge in [0.2, 0.25) is 10.0 Å². The van der Waals surface area contributed by atoms with Crippen LogP contribution in [0.3, 0.4) is 0 Å². The van der Waals surface area contributed by atoms with E-state index in [0.29, 0.717) is 40.9 Å². The molecule has 9 heteroatoms. The van der Waals surface area contributed by atoms with Crippen LogP contribution in [-0.4, -0.2) is 27.5 Å². The van der Waals surface area contributed by atoms with Crippen LogP contribution in [0.4, 0.5) is 0 Å². The first-order valence-electron chi connectivity index (χ1n) is 10.2. The standard InChI is InChI=1S/C22H28Cl2N2O4S/c1-2-3-4-5-6-13-30-21-19(23)14-17(15-20(21)24)22(27)26-12-11-16-7-9-18(10-8-16)31(25,28)29/h7-10,14-15H,2-6,11-13H2,1H3,(H,26,27)(H2,25,28,29). The Hall–Kier alpha value is -1.80. The van der Waals surface area contributed by atoms with Crippen molar-refractivity contribution < 1.29 is 17.9 Å². The highest BCUT2D eigenvalue weighted by Crippen LogP contribution is 2.34. The summed E-state index contributed by atoms with van der Waals surface area (Å²) in [6.07, 6.45) is 6.12. The number of primary sulfonamides is 1. The number of hydrogen-bond donors (Lipinski definition) is 2. The van der Waals surface area contributed by atoms with Gasteiger partial charge in [-0.25, -0.2) is 13.6 Å². The molecule has 0 aliphatic rings. The molecule has 6 nitrogen and oxygen atoms in total. The first-order valence-corrected chi connectivity index (χ1v) is 12.5. The number of halogens is 2. The van der Waals surface area contributed by atoms with Gasteiger partial charge in [-0.2, -0.15) is 0 Å². The summed E-state index contributed by atoms with van der Waals surface area (Å²) in [6, 6.07) is 9.28. The van der Waals surface area contributed by atoms with Crippen LogP contribution in [0.25, 0.3) is 0 Å². The number of ether oxygens (including phenoxy) is 1. The van der Waals surface area contributed by atoms with E-state index in [1.807, 2.05) is 0 Å². The SMILES string of the molecule is CCCCCCCOc1c(Cl)cc(C(=O)NCCc2ccc(S(N)(=O)=O)cc2)cc1Cl. The summed E-state index contributed by atoms with van der Waals surface area (Å²) < 4.78 is 28.3. The zero-order chi connectivity index (χ0) is 22.9. The Morgan fingerprint density at radius 2 is 1.65 bits per heavy atom. The smallest absolute Gasteiger partial charge is 0.251 e. The fourth-order valence-corrected chi connectivity index (χ4v) is 4.09. The minimum atomic E-state index is -3.72. The molecule has 1 amide bonds. The maximum atomic E-state index is 12.4. The third-order valence-electron chi connectivity index (χ3n) is 4.71. The van der Waals surface area contributed by atoms with Gasteiger partial charge in [0.15, 0.2) is 5.75 Å². The maximum absolute atomic E-state index is 12.4. The molecule has 0 fully saturated rings. The quantitative estimate of drug-likeness (QED) is 0.414. The summed E-state index contributed by atoms with van der Waals surface area (Å²) in [5.74, 6) is 0.0846. The third-order valence-corrected chi connectivity index (χ3v) is 6.20. The Kier molecular flexibility index (Phi) is 10.1. The number of nitrogens with one attached hydrogen (secondary N) is 1. The van der Waals surface area contributed by atoms with Crippen LogP contribution in [0.5, 0.6) is 5.75 Å². The molecule has 0 atom stereocenters. The predicted octanol–water partition coefficient (Wildman–Crippen LogP) is 4.96. The second-order valence-electron chi connectivity index (χ2n) is 7.23. The van der Waals surface area contributed by atoms with Crippen molar-refractivity contribution in [2.75, 3.05) is 13.2 Å². The second-order valence-corrected chi connectivity index (χ2v) is 9.60. The molecule has 0 aromatic heterocycles.